The third-order valence-corrected chi connectivity index (χ3v) is 7.08. The van der Waals surface area contributed by atoms with Crippen LogP contribution in [-0.2, 0) is 23.8 Å². The summed E-state index contributed by atoms with van der Waals surface area (Å²) in [4.78, 5) is 49.4. The van der Waals surface area contributed by atoms with E-state index in [2.05, 4.69) is 0 Å². The largest absolute Gasteiger partial charge is 0.513 e. The normalized spacial score (nSPS) is 14.5. The van der Waals surface area contributed by atoms with Gasteiger partial charge >= 0.3 is 24.2 Å². The van der Waals surface area contributed by atoms with Crippen LogP contribution in [0.5, 0.6) is 11.5 Å². The summed E-state index contributed by atoms with van der Waals surface area (Å²) < 4.78 is 26.6. The summed E-state index contributed by atoms with van der Waals surface area (Å²) in [5.41, 5.74) is 6.51. The Morgan fingerprint density at radius 2 is 1.36 bits per heavy atom. The van der Waals surface area contributed by atoms with Crippen LogP contribution in [0, 0.1) is 11.8 Å². The Labute approximate surface area is 249 Å². The first-order valence-electron chi connectivity index (χ1n) is 15.0. The van der Waals surface area contributed by atoms with E-state index < -0.39 is 42.3 Å². The lowest BCUT2D eigenvalue weighted by atomic mass is 9.79. The topological polar surface area (TPSA) is 161 Å². The molecule has 238 valence electrons. The summed E-state index contributed by atoms with van der Waals surface area (Å²) in [7, 11) is 0. The Morgan fingerprint density at radius 3 is 1.86 bits per heavy atom. The monoisotopic (exact) mass is 595 g/mol. The van der Waals surface area contributed by atoms with Crippen LogP contribution >= 0.6 is 0 Å². The van der Waals surface area contributed by atoms with Gasteiger partial charge in [0, 0.05) is 11.8 Å². The molecule has 0 bridgehead atoms. The van der Waals surface area contributed by atoms with Gasteiger partial charge in [0.1, 0.15) is 12.1 Å². The summed E-state index contributed by atoms with van der Waals surface area (Å²) in [5, 5.41) is 9.81. The fourth-order valence-electron chi connectivity index (χ4n) is 4.39. The van der Waals surface area contributed by atoms with E-state index in [1.165, 1.54) is 18.2 Å². The molecule has 0 aliphatic heterocycles. The van der Waals surface area contributed by atoms with Gasteiger partial charge in [-0.05, 0) is 43.9 Å². The van der Waals surface area contributed by atoms with Crippen LogP contribution in [-0.4, -0.2) is 54.7 Å². The molecule has 1 aromatic carbocycles. The zero-order valence-corrected chi connectivity index (χ0v) is 25.9. The number of carbonyl (C=O) groups is 4. The van der Waals surface area contributed by atoms with Crippen molar-refractivity contribution in [1.29, 1.82) is 0 Å². The molecule has 3 N–H and O–H groups in total. The summed E-state index contributed by atoms with van der Waals surface area (Å²) in [5.74, 6) is -3.67. The number of carbonyl (C=O) groups excluding carboxylic acids is 3. The molecule has 0 amide bonds. The van der Waals surface area contributed by atoms with Crippen molar-refractivity contribution in [2.24, 2.45) is 17.6 Å². The lowest BCUT2D eigenvalue weighted by Gasteiger charge is -2.32. The Morgan fingerprint density at radius 1 is 0.810 bits per heavy atom. The number of hydrogen-bond donors (Lipinski definition) is 2. The predicted octanol–water partition coefficient (Wildman–Crippen LogP) is 6.60. The predicted molar refractivity (Wildman–Crippen MR) is 157 cm³/mol. The zero-order chi connectivity index (χ0) is 31.7. The summed E-state index contributed by atoms with van der Waals surface area (Å²) >= 11 is 0. The molecule has 0 heterocycles. The van der Waals surface area contributed by atoms with Crippen LogP contribution in [0.25, 0.3) is 0 Å². The highest BCUT2D eigenvalue weighted by molar-refractivity contribution is 5.75. The summed E-state index contributed by atoms with van der Waals surface area (Å²) in [6, 6.07) is 2.89. The van der Waals surface area contributed by atoms with E-state index in [1.807, 2.05) is 20.8 Å². The molecule has 0 aromatic heterocycles. The molecule has 0 aliphatic rings. The Kier molecular flexibility index (Phi) is 17.2. The van der Waals surface area contributed by atoms with Crippen molar-refractivity contribution in [1.82, 2.24) is 0 Å². The minimum atomic E-state index is -1.39. The highest BCUT2D eigenvalue weighted by atomic mass is 16.7. The molecule has 0 spiro atoms. The van der Waals surface area contributed by atoms with Gasteiger partial charge in [0.25, 0.3) is 0 Å². The van der Waals surface area contributed by atoms with E-state index in [4.69, 9.17) is 29.4 Å². The minimum absolute atomic E-state index is 0.118. The van der Waals surface area contributed by atoms with Crippen molar-refractivity contribution < 1.29 is 48.0 Å². The standard InChI is InChI=1S/C31H49NO10/c1-7-10-12-17-38-30(36)41-24-16-15-23(19-25(24)42-31(37)39-18-13-11-8-2)26(27(32)28(33)34)21(5)22(6)40-29(35)20(4)14-9-3/h15-16,19-22,26-27H,7-14,17-18,32H2,1-6H3,(H,33,34)/t20?,21?,22?,26?,27-/m0/s1. The van der Waals surface area contributed by atoms with Crippen LogP contribution in [0.4, 0.5) is 9.59 Å². The lowest BCUT2D eigenvalue weighted by Crippen LogP contribution is -2.43. The molecule has 0 saturated heterocycles. The average Bonchev–Trinajstić information content (AvgIpc) is 2.94. The molecule has 0 saturated carbocycles. The van der Waals surface area contributed by atoms with Crippen LogP contribution in [0.2, 0.25) is 0 Å². The van der Waals surface area contributed by atoms with Crippen molar-refractivity contribution in [3.63, 3.8) is 0 Å². The van der Waals surface area contributed by atoms with Crippen LogP contribution < -0.4 is 15.2 Å². The lowest BCUT2D eigenvalue weighted by molar-refractivity contribution is -0.155. The number of carboxylic acid groups (broad SMARTS) is 1. The van der Waals surface area contributed by atoms with Gasteiger partial charge in [0.15, 0.2) is 11.5 Å². The van der Waals surface area contributed by atoms with Gasteiger partial charge in [-0.15, -0.1) is 0 Å². The van der Waals surface area contributed by atoms with Crippen molar-refractivity contribution in [3.05, 3.63) is 23.8 Å². The van der Waals surface area contributed by atoms with Crippen molar-refractivity contribution >= 4 is 24.2 Å². The Hall–Kier alpha value is -3.34. The number of benzene rings is 1. The van der Waals surface area contributed by atoms with Gasteiger partial charge in [-0.3, -0.25) is 9.59 Å². The van der Waals surface area contributed by atoms with Crippen LogP contribution in [0.15, 0.2) is 18.2 Å². The second-order valence-electron chi connectivity index (χ2n) is 10.6. The van der Waals surface area contributed by atoms with Crippen molar-refractivity contribution in [2.75, 3.05) is 13.2 Å². The molecule has 1 rings (SSSR count). The van der Waals surface area contributed by atoms with Gasteiger partial charge in [-0.2, -0.15) is 0 Å². The average molecular weight is 596 g/mol. The second-order valence-corrected chi connectivity index (χ2v) is 10.6. The third-order valence-electron chi connectivity index (χ3n) is 7.08. The van der Waals surface area contributed by atoms with E-state index in [0.29, 0.717) is 24.8 Å². The highest BCUT2D eigenvalue weighted by Gasteiger charge is 2.36. The van der Waals surface area contributed by atoms with Gasteiger partial charge in [0.2, 0.25) is 0 Å². The number of hydrogen-bond acceptors (Lipinski definition) is 10. The van der Waals surface area contributed by atoms with Crippen molar-refractivity contribution in [2.45, 2.75) is 111 Å². The summed E-state index contributed by atoms with van der Waals surface area (Å²) in [6.07, 6.45) is 3.77. The molecular weight excluding hydrogens is 546 g/mol. The number of ether oxygens (including phenoxy) is 5. The Bertz CT molecular complexity index is 998. The molecule has 11 nitrogen and oxygen atoms in total. The fraction of sp³-hybridized carbons (Fsp3) is 0.677. The number of unbranched alkanes of at least 4 members (excludes halogenated alkanes) is 4. The number of carboxylic acids is 1. The van der Waals surface area contributed by atoms with E-state index in [0.717, 1.165) is 32.1 Å². The minimum Gasteiger partial charge on any atom is -0.480 e. The van der Waals surface area contributed by atoms with Crippen molar-refractivity contribution in [3.8, 4) is 11.5 Å². The molecule has 1 aromatic rings. The summed E-state index contributed by atoms with van der Waals surface area (Å²) in [6.45, 7) is 11.5. The van der Waals surface area contributed by atoms with E-state index in [9.17, 15) is 24.3 Å². The van der Waals surface area contributed by atoms with Gasteiger partial charge in [-0.25, -0.2) is 9.59 Å². The first kappa shape index (κ1) is 36.7. The zero-order valence-electron chi connectivity index (χ0n) is 25.9. The quantitative estimate of drug-likeness (QED) is 0.0767. The van der Waals surface area contributed by atoms with Crippen LogP contribution in [0.3, 0.4) is 0 Å². The second kappa shape index (κ2) is 19.7. The molecule has 4 unspecified atom stereocenters. The third kappa shape index (κ3) is 12.7. The van der Waals surface area contributed by atoms with E-state index in [-0.39, 0.29) is 36.6 Å². The number of nitrogens with two attached hydrogens (primary N) is 1. The number of rotatable bonds is 19. The highest BCUT2D eigenvalue weighted by Crippen LogP contribution is 2.37. The maximum atomic E-state index is 12.6. The van der Waals surface area contributed by atoms with E-state index in [1.54, 1.807) is 20.8 Å². The van der Waals surface area contributed by atoms with Gasteiger partial charge in [0.05, 0.1) is 19.1 Å². The first-order valence-corrected chi connectivity index (χ1v) is 15.0. The SMILES string of the molecule is CCCCCOC(=O)Oc1ccc(C(C(C)C(C)OC(=O)C(C)CCC)[C@H](N)C(=O)O)cc1OC(=O)OCCCCC. The molecule has 11 heteroatoms. The fourth-order valence-corrected chi connectivity index (χ4v) is 4.39. The maximum absolute atomic E-state index is 12.6. The number of aliphatic carboxylic acids is 1. The van der Waals surface area contributed by atoms with Crippen LogP contribution in [0.1, 0.15) is 104 Å². The molecule has 42 heavy (non-hydrogen) atoms. The van der Waals surface area contributed by atoms with E-state index >= 15 is 0 Å². The molecule has 0 aliphatic carbocycles. The molecule has 0 fully saturated rings. The maximum Gasteiger partial charge on any atom is 0.513 e. The van der Waals surface area contributed by atoms with Gasteiger partial charge in [-0.1, -0.05) is 72.8 Å². The molecule has 5 atom stereocenters. The Balaban J connectivity index is 3.33. The van der Waals surface area contributed by atoms with Gasteiger partial charge < -0.3 is 34.5 Å². The molecular formula is C31H49NO10. The molecule has 0 radical (unpaired) electrons. The smallest absolute Gasteiger partial charge is 0.480 e. The first-order chi connectivity index (χ1) is 20.0. The number of esters is 1.